The van der Waals surface area contributed by atoms with E-state index in [9.17, 15) is 19.2 Å². The molecule has 0 bridgehead atoms. The highest BCUT2D eigenvalue weighted by Gasteiger charge is 2.32. The number of rotatable bonds is 6. The average Bonchev–Trinajstić information content (AvgIpc) is 3.23. The van der Waals surface area contributed by atoms with E-state index in [1.165, 1.54) is 0 Å². The van der Waals surface area contributed by atoms with Crippen LogP contribution in [-0.4, -0.2) is 23.6 Å². The van der Waals surface area contributed by atoms with Gasteiger partial charge in [-0.15, -0.1) is 0 Å². The maximum absolute atomic E-state index is 12.5. The van der Waals surface area contributed by atoms with Crippen molar-refractivity contribution in [3.63, 3.8) is 0 Å². The monoisotopic (exact) mass is 484 g/mol. The number of hydrogen-bond acceptors (Lipinski definition) is 4. The molecule has 186 valence electrons. The fourth-order valence-corrected chi connectivity index (χ4v) is 5.43. The molecule has 4 rings (SSSR count). The van der Waals surface area contributed by atoms with E-state index < -0.39 is 0 Å². The summed E-state index contributed by atoms with van der Waals surface area (Å²) >= 11 is 0. The van der Waals surface area contributed by atoms with Gasteiger partial charge < -0.3 is 0 Å². The van der Waals surface area contributed by atoms with E-state index in [-0.39, 0.29) is 29.5 Å². The van der Waals surface area contributed by atoms with Crippen molar-refractivity contribution in [1.29, 1.82) is 0 Å². The number of amides is 4. The molecule has 4 amide bonds. The molecule has 0 spiro atoms. The van der Waals surface area contributed by atoms with Crippen LogP contribution in [0, 0.1) is 13.8 Å². The van der Waals surface area contributed by atoms with Crippen LogP contribution >= 0.6 is 0 Å². The summed E-state index contributed by atoms with van der Waals surface area (Å²) in [5.74, 6) is -1.29. The van der Waals surface area contributed by atoms with Crippen LogP contribution in [0.25, 0.3) is 11.1 Å². The van der Waals surface area contributed by atoms with Crippen LogP contribution in [0.15, 0.2) is 35.4 Å². The van der Waals surface area contributed by atoms with Crippen molar-refractivity contribution in [2.24, 2.45) is 0 Å². The minimum absolute atomic E-state index is 0.0596. The third-order valence-corrected chi connectivity index (χ3v) is 7.48. The number of hydrogen-bond donors (Lipinski definition) is 2. The van der Waals surface area contributed by atoms with Gasteiger partial charge in [-0.05, 0) is 85.0 Å². The van der Waals surface area contributed by atoms with Gasteiger partial charge in [0.05, 0.1) is 11.1 Å². The Morgan fingerprint density at radius 2 is 0.972 bits per heavy atom. The van der Waals surface area contributed by atoms with E-state index >= 15 is 0 Å². The summed E-state index contributed by atoms with van der Waals surface area (Å²) in [6.07, 6.45) is 1.45. The van der Waals surface area contributed by atoms with E-state index in [2.05, 4.69) is 55.7 Å². The number of aryl methyl sites for hydroxylation is 4. The summed E-state index contributed by atoms with van der Waals surface area (Å²) in [6.45, 7) is 13.6. The highest BCUT2D eigenvalue weighted by molar-refractivity contribution is 6.37. The lowest BCUT2D eigenvalue weighted by molar-refractivity contribution is -0.125. The van der Waals surface area contributed by atoms with Gasteiger partial charge in [-0.2, -0.15) is 0 Å². The van der Waals surface area contributed by atoms with Crippen LogP contribution in [-0.2, 0) is 32.0 Å². The Balaban J connectivity index is 1.81. The highest BCUT2D eigenvalue weighted by atomic mass is 16.2. The van der Waals surface area contributed by atoms with E-state index in [1.54, 1.807) is 13.8 Å². The average molecular weight is 485 g/mol. The molecule has 2 aliphatic rings. The van der Waals surface area contributed by atoms with Crippen LogP contribution < -0.4 is 10.6 Å². The third-order valence-electron chi connectivity index (χ3n) is 7.48. The van der Waals surface area contributed by atoms with Crippen molar-refractivity contribution in [3.05, 3.63) is 79.9 Å². The highest BCUT2D eigenvalue weighted by Crippen LogP contribution is 2.37. The molecule has 2 heterocycles. The zero-order valence-electron chi connectivity index (χ0n) is 21.9. The summed E-state index contributed by atoms with van der Waals surface area (Å²) in [4.78, 5) is 49.2. The molecule has 0 saturated heterocycles. The van der Waals surface area contributed by atoms with Gasteiger partial charge in [0.2, 0.25) is 0 Å². The first-order valence-corrected chi connectivity index (χ1v) is 12.4. The van der Waals surface area contributed by atoms with Crippen molar-refractivity contribution >= 4 is 34.8 Å². The van der Waals surface area contributed by atoms with Crippen molar-refractivity contribution in [2.45, 2.75) is 67.2 Å². The first-order chi connectivity index (χ1) is 17.0. The van der Waals surface area contributed by atoms with Crippen molar-refractivity contribution < 1.29 is 19.2 Å². The Labute approximate surface area is 211 Å². The SMILES string of the molecule is CCc1cc(C(C)c2cc(C)c(C3=C(C)C(=O)NC3=O)c(CC)c2)cc(C)c1C1=C(C)C(=O)NC1=O. The molecule has 6 nitrogen and oxygen atoms in total. The second-order valence-corrected chi connectivity index (χ2v) is 9.74. The summed E-state index contributed by atoms with van der Waals surface area (Å²) in [5.41, 5.74) is 9.75. The van der Waals surface area contributed by atoms with Crippen molar-refractivity contribution in [1.82, 2.24) is 10.6 Å². The van der Waals surface area contributed by atoms with Crippen LogP contribution in [0.5, 0.6) is 0 Å². The molecule has 0 aromatic heterocycles. The van der Waals surface area contributed by atoms with Gasteiger partial charge in [-0.1, -0.05) is 45.0 Å². The summed E-state index contributed by atoms with van der Waals surface area (Å²) in [6, 6.07) is 8.46. The predicted molar refractivity (Wildman–Crippen MR) is 140 cm³/mol. The molecule has 0 aliphatic carbocycles. The zero-order valence-corrected chi connectivity index (χ0v) is 21.9. The molecular formula is C30H32N2O4. The Hall–Kier alpha value is -3.80. The Kier molecular flexibility index (Phi) is 6.56. The van der Waals surface area contributed by atoms with Gasteiger partial charge in [-0.3, -0.25) is 29.8 Å². The van der Waals surface area contributed by atoms with Crippen LogP contribution in [0.2, 0.25) is 0 Å². The summed E-state index contributed by atoms with van der Waals surface area (Å²) in [5, 5.41) is 4.82. The lowest BCUT2D eigenvalue weighted by Gasteiger charge is -2.21. The second kappa shape index (κ2) is 9.34. The minimum Gasteiger partial charge on any atom is -0.288 e. The lowest BCUT2D eigenvalue weighted by atomic mass is 9.82. The summed E-state index contributed by atoms with van der Waals surface area (Å²) < 4.78 is 0. The number of imide groups is 2. The molecule has 0 fully saturated rings. The Bertz CT molecular complexity index is 1320. The number of carbonyl (C=O) groups excluding carboxylic acids is 4. The van der Waals surface area contributed by atoms with Gasteiger partial charge in [0, 0.05) is 17.1 Å². The molecule has 0 radical (unpaired) electrons. The third kappa shape index (κ3) is 4.00. The van der Waals surface area contributed by atoms with E-state index in [1.807, 2.05) is 13.8 Å². The number of nitrogens with one attached hydrogen (secondary N) is 2. The zero-order chi connectivity index (χ0) is 26.5. The van der Waals surface area contributed by atoms with E-state index in [0.29, 0.717) is 22.3 Å². The van der Waals surface area contributed by atoms with Gasteiger partial charge in [-0.25, -0.2) is 0 Å². The molecule has 36 heavy (non-hydrogen) atoms. The molecular weight excluding hydrogens is 452 g/mol. The van der Waals surface area contributed by atoms with Crippen LogP contribution in [0.1, 0.15) is 85.0 Å². The molecule has 2 aromatic rings. The van der Waals surface area contributed by atoms with Gasteiger partial charge in [0.1, 0.15) is 0 Å². The second-order valence-electron chi connectivity index (χ2n) is 9.74. The molecule has 0 atom stereocenters. The Morgan fingerprint density at radius 1 is 0.611 bits per heavy atom. The van der Waals surface area contributed by atoms with Gasteiger partial charge >= 0.3 is 0 Å². The Morgan fingerprint density at radius 3 is 1.25 bits per heavy atom. The van der Waals surface area contributed by atoms with Gasteiger partial charge in [0.15, 0.2) is 0 Å². The normalized spacial score (nSPS) is 16.0. The molecule has 2 aromatic carbocycles. The fraction of sp³-hybridized carbons (Fsp3) is 0.333. The quantitative estimate of drug-likeness (QED) is 0.593. The predicted octanol–water partition coefficient (Wildman–Crippen LogP) is 4.44. The van der Waals surface area contributed by atoms with Crippen LogP contribution in [0.4, 0.5) is 0 Å². The molecule has 0 unspecified atom stereocenters. The van der Waals surface area contributed by atoms with Crippen molar-refractivity contribution in [3.8, 4) is 0 Å². The van der Waals surface area contributed by atoms with Crippen LogP contribution in [0.3, 0.4) is 0 Å². The van der Waals surface area contributed by atoms with E-state index in [0.717, 1.165) is 57.3 Å². The number of benzene rings is 2. The first kappa shape index (κ1) is 25.3. The standard InChI is InChI=1S/C30H32N2O4/c1-8-19-12-21(10-14(3)23(19)25-17(6)27(33)31-29(25)35)16(5)22-11-15(4)24(20(9-2)13-22)26-18(7)28(34)32-30(26)36/h10-13,16H,8-9H2,1-7H3,(H,31,33,35)(H,32,34,36). The molecule has 0 saturated carbocycles. The fourth-order valence-electron chi connectivity index (χ4n) is 5.43. The topological polar surface area (TPSA) is 92.3 Å². The molecule has 2 N–H and O–H groups in total. The maximum Gasteiger partial charge on any atom is 0.259 e. The first-order valence-electron chi connectivity index (χ1n) is 12.4. The smallest absolute Gasteiger partial charge is 0.259 e. The molecule has 6 heteroatoms. The van der Waals surface area contributed by atoms with Gasteiger partial charge in [0.25, 0.3) is 23.6 Å². The lowest BCUT2D eigenvalue weighted by Crippen LogP contribution is -2.23. The minimum atomic E-state index is -0.339. The van der Waals surface area contributed by atoms with Crippen molar-refractivity contribution in [2.75, 3.05) is 0 Å². The molecule has 2 aliphatic heterocycles. The van der Waals surface area contributed by atoms with E-state index in [4.69, 9.17) is 0 Å². The summed E-state index contributed by atoms with van der Waals surface area (Å²) in [7, 11) is 0. The maximum atomic E-state index is 12.5. The number of carbonyl (C=O) groups is 4. The largest absolute Gasteiger partial charge is 0.288 e.